The highest BCUT2D eigenvalue weighted by Gasteiger charge is 2.12. The van der Waals surface area contributed by atoms with Crippen LogP contribution in [0.5, 0.6) is 0 Å². The molecule has 0 aliphatic heterocycles. The number of pyridine rings is 1. The summed E-state index contributed by atoms with van der Waals surface area (Å²) in [4.78, 5) is 4.47. The number of rotatable bonds is 4. The lowest BCUT2D eigenvalue weighted by atomic mass is 10.0. The summed E-state index contributed by atoms with van der Waals surface area (Å²) < 4.78 is 3.73. The second-order valence-corrected chi connectivity index (χ2v) is 6.75. The predicted molar refractivity (Wildman–Crippen MR) is 102 cm³/mol. The number of nitrogens with two attached hydrogens (primary N) is 1. The minimum absolute atomic E-state index is 0.337. The van der Waals surface area contributed by atoms with Gasteiger partial charge in [-0.3, -0.25) is 4.68 Å². The molecule has 3 aromatic heterocycles. The Kier molecular flexibility index (Phi) is 3.91. The second-order valence-electron chi connectivity index (χ2n) is 6.75. The van der Waals surface area contributed by atoms with Crippen LogP contribution >= 0.6 is 0 Å². The lowest BCUT2D eigenvalue weighted by Gasteiger charge is -2.07. The van der Waals surface area contributed by atoms with Gasteiger partial charge in [0.05, 0.1) is 24.0 Å². The molecule has 2 N–H and O–H groups in total. The van der Waals surface area contributed by atoms with Gasteiger partial charge in [0, 0.05) is 23.2 Å². The van der Waals surface area contributed by atoms with Crippen LogP contribution in [0.1, 0.15) is 31.1 Å². The Balaban J connectivity index is 1.70. The smallest absolute Gasteiger partial charge is 0.124 e. The van der Waals surface area contributed by atoms with E-state index in [1.54, 1.807) is 4.68 Å². The Morgan fingerprint density at radius 1 is 1.19 bits per heavy atom. The van der Waals surface area contributed by atoms with E-state index in [-0.39, 0.29) is 0 Å². The highest BCUT2D eigenvalue weighted by Crippen LogP contribution is 2.29. The molecule has 0 fully saturated rings. The monoisotopic (exact) mass is 347 g/mol. The van der Waals surface area contributed by atoms with E-state index in [1.807, 2.05) is 54.3 Å². The van der Waals surface area contributed by atoms with Gasteiger partial charge in [0.25, 0.3) is 0 Å². The number of hydrogen-bond donors (Lipinski definition) is 1. The molecule has 0 saturated carbocycles. The van der Waals surface area contributed by atoms with Gasteiger partial charge in [-0.2, -0.15) is 5.10 Å². The molecule has 1 aromatic carbocycles. The quantitative estimate of drug-likeness (QED) is 0.612. The molecule has 7 heteroatoms. The molecule has 132 valence electrons. The van der Waals surface area contributed by atoms with Crippen LogP contribution in [0.25, 0.3) is 22.2 Å². The summed E-state index contributed by atoms with van der Waals surface area (Å²) in [6.45, 7) is 6.81. The SMILES string of the molecule is Cc1cccc2c(-c3cn(Cc4ccn(C(C)C)n4)nn3)cc(N)nc12. The lowest BCUT2D eigenvalue weighted by molar-refractivity contribution is 0.519. The van der Waals surface area contributed by atoms with E-state index in [1.165, 1.54) is 0 Å². The first kappa shape index (κ1) is 16.3. The summed E-state index contributed by atoms with van der Waals surface area (Å²) in [7, 11) is 0. The molecule has 0 aliphatic rings. The van der Waals surface area contributed by atoms with Gasteiger partial charge in [-0.15, -0.1) is 5.10 Å². The number of hydrogen-bond acceptors (Lipinski definition) is 5. The highest BCUT2D eigenvalue weighted by atomic mass is 15.4. The van der Waals surface area contributed by atoms with Gasteiger partial charge in [0.2, 0.25) is 0 Å². The summed E-state index contributed by atoms with van der Waals surface area (Å²) in [5.74, 6) is 0.479. The topological polar surface area (TPSA) is 87.4 Å². The standard InChI is InChI=1S/C19H21N7/c1-12(2)26-8-7-14(23-26)10-25-11-17(22-24-25)16-9-18(20)21-19-13(3)5-4-6-15(16)19/h4-9,11-12H,10H2,1-3H3,(H2,20,21). The maximum Gasteiger partial charge on any atom is 0.124 e. The molecular weight excluding hydrogens is 326 g/mol. The predicted octanol–water partition coefficient (Wildman–Crippen LogP) is 3.21. The molecule has 0 saturated heterocycles. The van der Waals surface area contributed by atoms with Gasteiger partial charge in [0.1, 0.15) is 11.5 Å². The van der Waals surface area contributed by atoms with Gasteiger partial charge >= 0.3 is 0 Å². The van der Waals surface area contributed by atoms with Crippen molar-refractivity contribution in [1.82, 2.24) is 29.8 Å². The van der Waals surface area contributed by atoms with Crippen LogP contribution in [0.3, 0.4) is 0 Å². The third kappa shape index (κ3) is 2.92. The number of nitrogen functional groups attached to an aromatic ring is 1. The summed E-state index contributed by atoms with van der Waals surface area (Å²) in [6, 6.07) is 10.3. The Morgan fingerprint density at radius 3 is 2.81 bits per heavy atom. The normalized spacial score (nSPS) is 11.5. The van der Waals surface area contributed by atoms with E-state index in [0.29, 0.717) is 18.4 Å². The van der Waals surface area contributed by atoms with Gasteiger partial charge in [-0.05, 0) is 38.5 Å². The lowest BCUT2D eigenvalue weighted by Crippen LogP contribution is -2.05. The molecule has 4 aromatic rings. The zero-order valence-electron chi connectivity index (χ0n) is 15.1. The Morgan fingerprint density at radius 2 is 2.04 bits per heavy atom. The molecule has 4 rings (SSSR count). The van der Waals surface area contributed by atoms with Crippen molar-refractivity contribution in [3.8, 4) is 11.3 Å². The van der Waals surface area contributed by atoms with Crippen molar-refractivity contribution >= 4 is 16.7 Å². The van der Waals surface area contributed by atoms with E-state index < -0.39 is 0 Å². The molecule has 3 heterocycles. The van der Waals surface area contributed by atoms with E-state index in [2.05, 4.69) is 34.2 Å². The average molecular weight is 347 g/mol. The third-order valence-electron chi connectivity index (χ3n) is 4.39. The van der Waals surface area contributed by atoms with Crippen LogP contribution in [0.15, 0.2) is 42.7 Å². The maximum absolute atomic E-state index is 6.01. The maximum atomic E-state index is 6.01. The third-order valence-corrected chi connectivity index (χ3v) is 4.39. The van der Waals surface area contributed by atoms with E-state index in [4.69, 9.17) is 5.73 Å². The number of nitrogens with zero attached hydrogens (tertiary/aromatic N) is 6. The molecule has 0 atom stereocenters. The number of anilines is 1. The van der Waals surface area contributed by atoms with Gasteiger partial charge < -0.3 is 5.73 Å². The number of fused-ring (bicyclic) bond motifs is 1. The molecule has 0 unspecified atom stereocenters. The van der Waals surface area contributed by atoms with Crippen LogP contribution in [0.2, 0.25) is 0 Å². The zero-order valence-corrected chi connectivity index (χ0v) is 15.1. The minimum atomic E-state index is 0.337. The van der Waals surface area contributed by atoms with Crippen molar-refractivity contribution in [1.29, 1.82) is 0 Å². The van der Waals surface area contributed by atoms with Gasteiger partial charge in [-0.1, -0.05) is 23.4 Å². The molecule has 0 aliphatic carbocycles. The van der Waals surface area contributed by atoms with Crippen LogP contribution in [-0.4, -0.2) is 29.8 Å². The van der Waals surface area contributed by atoms with Gasteiger partial charge in [0.15, 0.2) is 0 Å². The number of para-hydroxylation sites is 1. The van der Waals surface area contributed by atoms with Crippen LogP contribution < -0.4 is 5.73 Å². The number of aromatic nitrogens is 6. The first-order valence-electron chi connectivity index (χ1n) is 8.61. The summed E-state index contributed by atoms with van der Waals surface area (Å²) in [5, 5.41) is 14.2. The molecule has 0 spiro atoms. The Bertz CT molecular complexity index is 1070. The van der Waals surface area contributed by atoms with Crippen LogP contribution in [0.4, 0.5) is 5.82 Å². The highest BCUT2D eigenvalue weighted by molar-refractivity contribution is 5.96. The molecule has 26 heavy (non-hydrogen) atoms. The summed E-state index contributed by atoms with van der Waals surface area (Å²) in [6.07, 6.45) is 3.91. The fourth-order valence-electron chi connectivity index (χ4n) is 3.04. The fraction of sp³-hybridized carbons (Fsp3) is 0.263. The molecule has 0 amide bonds. The van der Waals surface area contributed by atoms with Crippen molar-refractivity contribution in [2.24, 2.45) is 0 Å². The fourth-order valence-corrected chi connectivity index (χ4v) is 3.04. The largest absolute Gasteiger partial charge is 0.384 e. The van der Waals surface area contributed by atoms with Crippen molar-refractivity contribution in [2.75, 3.05) is 5.73 Å². The second kappa shape index (κ2) is 6.25. The van der Waals surface area contributed by atoms with E-state index in [0.717, 1.165) is 33.4 Å². The van der Waals surface area contributed by atoms with E-state index >= 15 is 0 Å². The molecule has 7 nitrogen and oxygen atoms in total. The van der Waals surface area contributed by atoms with Crippen molar-refractivity contribution < 1.29 is 0 Å². The first-order valence-corrected chi connectivity index (χ1v) is 8.61. The zero-order chi connectivity index (χ0) is 18.3. The average Bonchev–Trinajstić information content (AvgIpc) is 3.25. The van der Waals surface area contributed by atoms with Gasteiger partial charge in [-0.25, -0.2) is 9.67 Å². The molecule has 0 bridgehead atoms. The van der Waals surface area contributed by atoms with Crippen LogP contribution in [-0.2, 0) is 6.54 Å². The number of benzene rings is 1. The molecular formula is C19H21N7. The van der Waals surface area contributed by atoms with Crippen LogP contribution in [0, 0.1) is 6.92 Å². The van der Waals surface area contributed by atoms with Crippen molar-refractivity contribution in [2.45, 2.75) is 33.4 Å². The summed E-state index contributed by atoms with van der Waals surface area (Å²) in [5.41, 5.74) is 10.7. The van der Waals surface area contributed by atoms with Crippen molar-refractivity contribution in [3.05, 3.63) is 54.0 Å². The van der Waals surface area contributed by atoms with Crippen molar-refractivity contribution in [3.63, 3.8) is 0 Å². The Hall–Kier alpha value is -3.22. The Labute approximate surface area is 151 Å². The first-order chi connectivity index (χ1) is 12.5. The summed E-state index contributed by atoms with van der Waals surface area (Å²) >= 11 is 0. The van der Waals surface area contributed by atoms with E-state index in [9.17, 15) is 0 Å². The minimum Gasteiger partial charge on any atom is -0.384 e. The number of aryl methyl sites for hydroxylation is 1. The molecule has 0 radical (unpaired) electrons.